The van der Waals surface area contributed by atoms with Crippen molar-refractivity contribution in [1.82, 2.24) is 4.98 Å². The Morgan fingerprint density at radius 1 is 1.44 bits per heavy atom. The number of hydrogen-bond donors (Lipinski definition) is 5. The Hall–Kier alpha value is -1.36. The summed E-state index contributed by atoms with van der Waals surface area (Å²) in [6, 6.07) is 1.15. The molecule has 5 N–H and O–H groups in total. The molecule has 0 amide bonds. The maximum Gasteiger partial charge on any atom is 0.217 e. The van der Waals surface area contributed by atoms with Crippen molar-refractivity contribution in [2.45, 2.75) is 0 Å². The van der Waals surface area contributed by atoms with Crippen LogP contribution in [0.15, 0.2) is 6.07 Å². The molecule has 0 aliphatic heterocycles. The third kappa shape index (κ3) is 0.895. The summed E-state index contributed by atoms with van der Waals surface area (Å²) >= 11 is 0. The Morgan fingerprint density at radius 2 is 2.11 bits per heavy atom. The van der Waals surface area contributed by atoms with Crippen molar-refractivity contribution in [1.29, 1.82) is 0 Å². The third-order valence-corrected chi connectivity index (χ3v) is 0.903. The van der Waals surface area contributed by atoms with Crippen molar-refractivity contribution in [2.24, 2.45) is 0 Å². The largest absolute Gasteiger partial charge is 0.494 e. The summed E-state index contributed by atoms with van der Waals surface area (Å²) in [6.07, 6.45) is 0. The average Bonchev–Trinajstić information content (AvgIpc) is 2.10. The number of anilines is 1. The Morgan fingerprint density at radius 3 is 2.33 bits per heavy atom. The van der Waals surface area contributed by atoms with E-state index in [1.807, 2.05) is 0 Å². The van der Waals surface area contributed by atoms with Crippen LogP contribution in [0.3, 0.4) is 0 Å². The van der Waals surface area contributed by atoms with Gasteiger partial charge in [0.2, 0.25) is 5.88 Å². The van der Waals surface area contributed by atoms with Crippen LogP contribution >= 0.6 is 0 Å². The first kappa shape index (κ1) is 5.77. The summed E-state index contributed by atoms with van der Waals surface area (Å²) in [4.78, 5) is 2.15. The molecule has 5 nitrogen and oxygen atoms in total. The highest BCUT2D eigenvalue weighted by atomic mass is 16.5. The van der Waals surface area contributed by atoms with Crippen molar-refractivity contribution in [3.63, 3.8) is 0 Å². The summed E-state index contributed by atoms with van der Waals surface area (Å²) in [5.41, 5.74) is 1.72. The van der Waals surface area contributed by atoms with Crippen molar-refractivity contribution in [2.75, 3.05) is 5.48 Å². The second-order valence-electron chi connectivity index (χ2n) is 1.53. The van der Waals surface area contributed by atoms with Crippen LogP contribution in [0.2, 0.25) is 0 Å². The third-order valence-electron chi connectivity index (χ3n) is 0.903. The predicted octanol–water partition coefficient (Wildman–Crippen LogP) is 0.227. The van der Waals surface area contributed by atoms with Crippen LogP contribution in [0, 0.1) is 0 Å². The molecule has 0 saturated carbocycles. The van der Waals surface area contributed by atoms with Gasteiger partial charge >= 0.3 is 0 Å². The first-order chi connectivity index (χ1) is 4.24. The molecule has 1 heterocycles. The van der Waals surface area contributed by atoms with Gasteiger partial charge in [-0.2, -0.15) is 0 Å². The van der Waals surface area contributed by atoms with E-state index in [1.54, 1.807) is 5.48 Å². The zero-order chi connectivity index (χ0) is 6.85. The van der Waals surface area contributed by atoms with Gasteiger partial charge in [0.15, 0.2) is 5.88 Å². The maximum atomic E-state index is 8.69. The van der Waals surface area contributed by atoms with Crippen LogP contribution in [-0.2, 0) is 0 Å². The number of aromatic hydroxyl groups is 2. The van der Waals surface area contributed by atoms with Gasteiger partial charge in [0.1, 0.15) is 5.69 Å². The van der Waals surface area contributed by atoms with Gasteiger partial charge in [-0.05, 0) is 0 Å². The van der Waals surface area contributed by atoms with E-state index in [-0.39, 0.29) is 17.4 Å². The van der Waals surface area contributed by atoms with E-state index in [0.717, 1.165) is 6.07 Å². The van der Waals surface area contributed by atoms with E-state index in [1.165, 1.54) is 0 Å². The van der Waals surface area contributed by atoms with Crippen LogP contribution in [0.1, 0.15) is 0 Å². The van der Waals surface area contributed by atoms with Crippen molar-refractivity contribution >= 4 is 5.69 Å². The summed E-state index contributed by atoms with van der Waals surface area (Å²) in [5, 5.41) is 25.5. The van der Waals surface area contributed by atoms with Gasteiger partial charge in [-0.25, -0.2) is 0 Å². The minimum atomic E-state index is -0.296. The average molecular weight is 130 g/mol. The molecule has 0 atom stereocenters. The SMILES string of the molecule is ONc1cc(O)[nH]c1O. The zero-order valence-electron chi connectivity index (χ0n) is 4.42. The lowest BCUT2D eigenvalue weighted by atomic mass is 10.5. The smallest absolute Gasteiger partial charge is 0.217 e. The monoisotopic (exact) mass is 130 g/mol. The Balaban J connectivity index is 3.01. The summed E-state index contributed by atoms with van der Waals surface area (Å²) < 4.78 is 0. The molecule has 0 aliphatic carbocycles. The molecule has 9 heavy (non-hydrogen) atoms. The molecule has 0 fully saturated rings. The van der Waals surface area contributed by atoms with Crippen molar-refractivity contribution in [3.8, 4) is 11.8 Å². The molecule has 0 saturated heterocycles. The van der Waals surface area contributed by atoms with Crippen LogP contribution in [0.4, 0.5) is 5.69 Å². The summed E-state index contributed by atoms with van der Waals surface area (Å²) in [5.74, 6) is -0.501. The Bertz CT molecular complexity index is 208. The lowest BCUT2D eigenvalue weighted by Gasteiger charge is -1.89. The Labute approximate surface area is 50.5 Å². The molecular weight excluding hydrogens is 124 g/mol. The van der Waals surface area contributed by atoms with Gasteiger partial charge < -0.3 is 10.2 Å². The standard InChI is InChI=1S/C4H6N2O3/c7-3-1-2(6-9)4(8)5-3/h1,5-9H. The summed E-state index contributed by atoms with van der Waals surface area (Å²) in [7, 11) is 0. The summed E-state index contributed by atoms with van der Waals surface area (Å²) in [6.45, 7) is 0. The predicted molar refractivity (Wildman–Crippen MR) is 29.5 cm³/mol. The molecule has 1 aromatic heterocycles. The highest BCUT2D eigenvalue weighted by molar-refractivity contribution is 5.54. The number of hydrogen-bond acceptors (Lipinski definition) is 4. The van der Waals surface area contributed by atoms with E-state index >= 15 is 0 Å². The lowest BCUT2D eigenvalue weighted by Crippen LogP contribution is -1.84. The fraction of sp³-hybridized carbons (Fsp3) is 0. The minimum absolute atomic E-state index is 0.0486. The van der Waals surface area contributed by atoms with Gasteiger partial charge in [0.05, 0.1) is 0 Å². The highest BCUT2D eigenvalue weighted by Crippen LogP contribution is 2.25. The van der Waals surface area contributed by atoms with E-state index in [2.05, 4.69) is 4.98 Å². The second kappa shape index (κ2) is 1.87. The number of rotatable bonds is 1. The van der Waals surface area contributed by atoms with Gasteiger partial charge in [0.25, 0.3) is 0 Å². The van der Waals surface area contributed by atoms with E-state index in [9.17, 15) is 0 Å². The number of H-pyrrole nitrogens is 1. The fourth-order valence-corrected chi connectivity index (χ4v) is 0.515. The van der Waals surface area contributed by atoms with Crippen LogP contribution in [0.5, 0.6) is 11.8 Å². The molecule has 0 aromatic carbocycles. The highest BCUT2D eigenvalue weighted by Gasteiger charge is 2.02. The number of aromatic amines is 1. The quantitative estimate of drug-likeness (QED) is 0.352. The first-order valence-corrected chi connectivity index (χ1v) is 2.25. The molecule has 0 aliphatic rings. The molecule has 0 unspecified atom stereocenters. The van der Waals surface area contributed by atoms with E-state index < -0.39 is 0 Å². The topological polar surface area (TPSA) is 88.5 Å². The van der Waals surface area contributed by atoms with Crippen molar-refractivity contribution in [3.05, 3.63) is 6.07 Å². The van der Waals surface area contributed by atoms with Crippen molar-refractivity contribution < 1.29 is 15.4 Å². The van der Waals surface area contributed by atoms with Gasteiger partial charge in [-0.1, -0.05) is 0 Å². The molecule has 50 valence electrons. The Kier molecular flexibility index (Phi) is 1.20. The minimum Gasteiger partial charge on any atom is -0.494 e. The van der Waals surface area contributed by atoms with Crippen LogP contribution < -0.4 is 5.48 Å². The molecular formula is C4H6N2O3. The molecule has 0 spiro atoms. The van der Waals surface area contributed by atoms with Gasteiger partial charge in [0, 0.05) is 6.07 Å². The fourth-order valence-electron chi connectivity index (χ4n) is 0.515. The van der Waals surface area contributed by atoms with Gasteiger partial charge in [-0.3, -0.25) is 15.7 Å². The lowest BCUT2D eigenvalue weighted by molar-refractivity contribution is 0.379. The normalized spacial score (nSPS) is 9.44. The molecule has 1 aromatic rings. The van der Waals surface area contributed by atoms with Crippen LogP contribution in [0.25, 0.3) is 0 Å². The molecule has 0 radical (unpaired) electrons. The molecule has 1 rings (SSSR count). The zero-order valence-corrected chi connectivity index (χ0v) is 4.42. The maximum absolute atomic E-state index is 8.69. The number of aromatic nitrogens is 1. The first-order valence-electron chi connectivity index (χ1n) is 2.25. The second-order valence-corrected chi connectivity index (χ2v) is 1.53. The van der Waals surface area contributed by atoms with E-state index in [0.29, 0.717) is 0 Å². The van der Waals surface area contributed by atoms with E-state index in [4.69, 9.17) is 15.4 Å². The van der Waals surface area contributed by atoms with Crippen LogP contribution in [-0.4, -0.2) is 20.4 Å². The van der Waals surface area contributed by atoms with Gasteiger partial charge in [-0.15, -0.1) is 0 Å². The molecule has 5 heteroatoms. The molecule has 0 bridgehead atoms. The number of nitrogens with one attached hydrogen (secondary N) is 2.